The van der Waals surface area contributed by atoms with E-state index in [1.165, 1.54) is 18.2 Å². The fourth-order valence-corrected chi connectivity index (χ4v) is 5.56. The summed E-state index contributed by atoms with van der Waals surface area (Å²) in [5.74, 6) is -1.94. The summed E-state index contributed by atoms with van der Waals surface area (Å²) in [6.45, 7) is 0.205. The van der Waals surface area contributed by atoms with Crippen molar-refractivity contribution in [2.45, 2.75) is 43.0 Å². The van der Waals surface area contributed by atoms with Crippen LogP contribution in [0.1, 0.15) is 46.4 Å². The highest BCUT2D eigenvalue weighted by atomic mass is 32.1. The van der Waals surface area contributed by atoms with Crippen molar-refractivity contribution >= 4 is 35.8 Å². The number of carbonyl (C=O) groups excluding carboxylic acids is 2. The van der Waals surface area contributed by atoms with Crippen LogP contribution in [0.15, 0.2) is 60.8 Å². The van der Waals surface area contributed by atoms with Gasteiger partial charge in [0, 0.05) is 12.2 Å². The number of anilines is 2. The highest BCUT2D eigenvalue weighted by Gasteiger charge is 2.60. The molecule has 1 spiro atoms. The molecule has 12 heteroatoms. The number of hydrogen-bond acceptors (Lipinski definition) is 6. The Morgan fingerprint density at radius 1 is 1.15 bits per heavy atom. The van der Waals surface area contributed by atoms with E-state index in [1.54, 1.807) is 4.90 Å². The number of nitrogens with one attached hydrogen (secondary N) is 1. The smallest absolute Gasteiger partial charge is 0.348 e. The van der Waals surface area contributed by atoms with Crippen molar-refractivity contribution in [3.05, 3.63) is 89.0 Å². The van der Waals surface area contributed by atoms with E-state index in [9.17, 15) is 22.8 Å². The second-order valence-electron chi connectivity index (χ2n) is 9.31. The predicted octanol–water partition coefficient (Wildman–Crippen LogP) is 5.03. The zero-order valence-corrected chi connectivity index (χ0v) is 21.1. The Balaban J connectivity index is 1.45. The fraction of sp³-hybridized carbons (Fsp3) is 0.259. The van der Waals surface area contributed by atoms with Crippen molar-refractivity contribution in [2.75, 3.05) is 9.80 Å². The number of halogens is 4. The fourth-order valence-electron chi connectivity index (χ4n) is 4.97. The number of rotatable bonds is 5. The standard InChI is InChI=1S/C27H21F4N5O2S/c28-21-12-17(7-8-19(21)23(37)34-14-16-5-2-1-3-6-16)36-25(39)35(24(38)26(36)9-4-10-26)18-11-20(27(29,30)31)22(13-32)33-15-18/h1-3,5-8,11-12,15,25,39H,4,9-10,14H2,(H,34,37). The van der Waals surface area contributed by atoms with Crippen molar-refractivity contribution in [3.63, 3.8) is 0 Å². The highest BCUT2D eigenvalue weighted by molar-refractivity contribution is 7.81. The first kappa shape index (κ1) is 26.5. The first-order valence-electron chi connectivity index (χ1n) is 12.0. The molecule has 39 heavy (non-hydrogen) atoms. The maximum absolute atomic E-state index is 15.2. The van der Waals surface area contributed by atoms with Gasteiger partial charge in [-0.15, -0.1) is 12.6 Å². The molecule has 1 saturated heterocycles. The van der Waals surface area contributed by atoms with E-state index in [1.807, 2.05) is 30.3 Å². The van der Waals surface area contributed by atoms with Gasteiger partial charge in [-0.25, -0.2) is 9.37 Å². The van der Waals surface area contributed by atoms with Crippen molar-refractivity contribution in [1.82, 2.24) is 10.3 Å². The zero-order chi connectivity index (χ0) is 27.9. The third-order valence-corrected chi connectivity index (χ3v) is 7.52. The second kappa shape index (κ2) is 9.89. The molecule has 7 nitrogen and oxygen atoms in total. The van der Waals surface area contributed by atoms with Gasteiger partial charge in [0.05, 0.1) is 23.0 Å². The summed E-state index contributed by atoms with van der Waals surface area (Å²) < 4.78 is 55.9. The maximum Gasteiger partial charge on any atom is 0.419 e. The lowest BCUT2D eigenvalue weighted by atomic mass is 9.75. The third kappa shape index (κ3) is 4.57. The molecule has 1 aromatic heterocycles. The van der Waals surface area contributed by atoms with Gasteiger partial charge in [-0.1, -0.05) is 30.3 Å². The van der Waals surface area contributed by atoms with Crippen LogP contribution < -0.4 is 15.1 Å². The molecule has 200 valence electrons. The van der Waals surface area contributed by atoms with E-state index in [0.29, 0.717) is 25.3 Å². The van der Waals surface area contributed by atoms with Crippen LogP contribution in [0.5, 0.6) is 0 Å². The van der Waals surface area contributed by atoms with E-state index in [0.717, 1.165) is 22.7 Å². The molecule has 2 fully saturated rings. The molecule has 1 saturated carbocycles. The van der Waals surface area contributed by atoms with Gasteiger partial charge >= 0.3 is 6.18 Å². The minimum absolute atomic E-state index is 0.183. The normalized spacial score (nSPS) is 18.2. The molecule has 2 aromatic carbocycles. The first-order chi connectivity index (χ1) is 18.6. The van der Waals surface area contributed by atoms with Gasteiger partial charge in [0.1, 0.15) is 17.4 Å². The molecule has 2 amide bonds. The number of aromatic nitrogens is 1. The van der Waals surface area contributed by atoms with Crippen LogP contribution >= 0.6 is 12.6 Å². The Morgan fingerprint density at radius 2 is 1.87 bits per heavy atom. The third-order valence-electron chi connectivity index (χ3n) is 7.05. The minimum Gasteiger partial charge on any atom is -0.348 e. The van der Waals surface area contributed by atoms with Crippen molar-refractivity contribution in [2.24, 2.45) is 0 Å². The molecule has 5 rings (SSSR count). The number of carbonyl (C=O) groups is 2. The molecule has 2 aliphatic rings. The largest absolute Gasteiger partial charge is 0.419 e. The molecule has 1 N–H and O–H groups in total. The van der Waals surface area contributed by atoms with Crippen LogP contribution in [0.25, 0.3) is 0 Å². The molecular formula is C27H21F4N5O2S. The van der Waals surface area contributed by atoms with E-state index in [-0.39, 0.29) is 23.5 Å². The summed E-state index contributed by atoms with van der Waals surface area (Å²) in [6, 6.07) is 15.1. The van der Waals surface area contributed by atoms with E-state index < -0.39 is 46.1 Å². The van der Waals surface area contributed by atoms with Crippen molar-refractivity contribution in [3.8, 4) is 6.07 Å². The SMILES string of the molecule is N#Cc1ncc(N2C(=O)C3(CCC3)N(c3ccc(C(=O)NCc4ccccc4)c(F)c3)C2S)cc1C(F)(F)F. The minimum atomic E-state index is -4.86. The molecular weight excluding hydrogens is 534 g/mol. The summed E-state index contributed by atoms with van der Waals surface area (Å²) in [6.07, 6.45) is -2.40. The number of pyridine rings is 1. The quantitative estimate of drug-likeness (QED) is 0.341. The molecule has 1 unspecified atom stereocenters. The topological polar surface area (TPSA) is 89.3 Å². The number of nitriles is 1. The summed E-state index contributed by atoms with van der Waals surface area (Å²) in [5.41, 5.74) is -3.59. The van der Waals surface area contributed by atoms with Gasteiger partial charge in [-0.05, 0) is 49.1 Å². The lowest BCUT2D eigenvalue weighted by Gasteiger charge is -2.44. The molecule has 1 aliphatic carbocycles. The van der Waals surface area contributed by atoms with Crippen LogP contribution in [0, 0.1) is 17.1 Å². The van der Waals surface area contributed by atoms with E-state index >= 15 is 4.39 Å². The summed E-state index contributed by atoms with van der Waals surface area (Å²) in [7, 11) is 0. The summed E-state index contributed by atoms with van der Waals surface area (Å²) in [5, 5.41) is 11.7. The molecule has 3 aromatic rings. The molecule has 1 aliphatic heterocycles. The maximum atomic E-state index is 15.2. The predicted molar refractivity (Wildman–Crippen MR) is 137 cm³/mol. The molecule has 1 atom stereocenters. The van der Waals surface area contributed by atoms with Gasteiger partial charge in [-0.2, -0.15) is 18.4 Å². The number of thiol groups is 1. The van der Waals surface area contributed by atoms with Crippen LogP contribution in [-0.2, 0) is 17.5 Å². The van der Waals surface area contributed by atoms with Gasteiger partial charge < -0.3 is 10.2 Å². The number of benzene rings is 2. The number of nitrogens with zero attached hydrogens (tertiary/aromatic N) is 4. The number of hydrogen-bond donors (Lipinski definition) is 2. The monoisotopic (exact) mass is 555 g/mol. The van der Waals surface area contributed by atoms with Crippen LogP contribution in [0.3, 0.4) is 0 Å². The Bertz CT molecular complexity index is 1490. The van der Waals surface area contributed by atoms with E-state index in [4.69, 9.17) is 5.26 Å². The van der Waals surface area contributed by atoms with Gasteiger partial charge in [0.2, 0.25) is 0 Å². The Morgan fingerprint density at radius 3 is 2.46 bits per heavy atom. The average Bonchev–Trinajstić information content (AvgIpc) is 3.13. The Kier molecular flexibility index (Phi) is 6.72. The summed E-state index contributed by atoms with van der Waals surface area (Å²) in [4.78, 5) is 32.5. The van der Waals surface area contributed by atoms with Crippen LogP contribution in [0.2, 0.25) is 0 Å². The molecule has 2 heterocycles. The van der Waals surface area contributed by atoms with Gasteiger partial charge in [0.15, 0.2) is 11.2 Å². The highest BCUT2D eigenvalue weighted by Crippen LogP contribution is 2.50. The van der Waals surface area contributed by atoms with Gasteiger partial charge in [0.25, 0.3) is 11.8 Å². The van der Waals surface area contributed by atoms with Crippen molar-refractivity contribution in [1.29, 1.82) is 5.26 Å². The number of amides is 2. The Labute approximate surface area is 226 Å². The second-order valence-corrected chi connectivity index (χ2v) is 9.77. The van der Waals surface area contributed by atoms with Gasteiger partial charge in [-0.3, -0.25) is 14.5 Å². The molecule has 0 bridgehead atoms. The van der Waals surface area contributed by atoms with Crippen LogP contribution in [0.4, 0.5) is 28.9 Å². The zero-order valence-electron chi connectivity index (χ0n) is 20.2. The van der Waals surface area contributed by atoms with Crippen molar-refractivity contribution < 1.29 is 27.2 Å². The van der Waals surface area contributed by atoms with Crippen LogP contribution in [-0.4, -0.2) is 27.8 Å². The Hall–Kier alpha value is -4.11. The lowest BCUT2D eigenvalue weighted by molar-refractivity contribution is -0.138. The molecule has 0 radical (unpaired) electrons. The number of alkyl halides is 3. The summed E-state index contributed by atoms with van der Waals surface area (Å²) >= 11 is 4.55. The first-order valence-corrected chi connectivity index (χ1v) is 12.5. The lowest BCUT2D eigenvalue weighted by Crippen LogP contribution is -2.55. The average molecular weight is 556 g/mol. The van der Waals surface area contributed by atoms with E-state index in [2.05, 4.69) is 22.9 Å².